The molecule has 0 amide bonds. The molecule has 1 aromatic carbocycles. The Morgan fingerprint density at radius 2 is 1.67 bits per heavy atom. The highest BCUT2D eigenvalue weighted by Gasteiger charge is 2.44. The normalized spacial score (nSPS) is 36.6. The van der Waals surface area contributed by atoms with Crippen LogP contribution in [0.1, 0.15) is 11.7 Å². The third kappa shape index (κ3) is 2.21. The first-order valence-corrected chi connectivity index (χ1v) is 5.64. The number of rotatable bonds is 2. The number of aliphatic hydroxyl groups excluding tert-OH is 4. The van der Waals surface area contributed by atoms with E-state index in [1.807, 2.05) is 0 Å². The molecular weight excluding hydrogens is 240 g/mol. The highest BCUT2D eigenvalue weighted by atomic mass is 16.5. The van der Waals surface area contributed by atoms with E-state index >= 15 is 0 Å². The summed E-state index contributed by atoms with van der Waals surface area (Å²) in [6, 6.07) is 6.23. The number of aliphatic hydroxyl groups is 4. The fourth-order valence-corrected chi connectivity index (χ4v) is 2.09. The number of benzene rings is 1. The van der Waals surface area contributed by atoms with E-state index in [4.69, 9.17) is 9.84 Å². The van der Waals surface area contributed by atoms with Crippen LogP contribution < -0.4 is 0 Å². The van der Waals surface area contributed by atoms with Crippen LogP contribution in [0.25, 0.3) is 0 Å². The van der Waals surface area contributed by atoms with Gasteiger partial charge in [-0.1, -0.05) is 18.2 Å². The number of ether oxygens (including phenoxy) is 1. The van der Waals surface area contributed by atoms with Gasteiger partial charge in [-0.3, -0.25) is 0 Å². The summed E-state index contributed by atoms with van der Waals surface area (Å²) in [5, 5.41) is 47.9. The van der Waals surface area contributed by atoms with Crippen LogP contribution in [0.2, 0.25) is 0 Å². The lowest BCUT2D eigenvalue weighted by Gasteiger charge is -2.40. The summed E-state index contributed by atoms with van der Waals surface area (Å²) in [6.07, 6.45) is -6.20. The van der Waals surface area contributed by atoms with E-state index in [0.717, 1.165) is 0 Å². The van der Waals surface area contributed by atoms with E-state index in [0.29, 0.717) is 5.56 Å². The third-order valence-corrected chi connectivity index (χ3v) is 3.14. The molecule has 0 radical (unpaired) electrons. The van der Waals surface area contributed by atoms with E-state index < -0.39 is 37.1 Å². The second kappa shape index (κ2) is 5.21. The maximum atomic E-state index is 9.87. The summed E-state index contributed by atoms with van der Waals surface area (Å²) in [7, 11) is 0. The monoisotopic (exact) mass is 256 g/mol. The minimum atomic E-state index is -1.44. The Bertz CT molecular complexity index is 407. The zero-order valence-electron chi connectivity index (χ0n) is 9.55. The Labute approximate surface area is 104 Å². The van der Waals surface area contributed by atoms with E-state index in [9.17, 15) is 20.4 Å². The first kappa shape index (κ1) is 13.3. The second-order valence-corrected chi connectivity index (χ2v) is 4.31. The molecule has 2 rings (SSSR count). The van der Waals surface area contributed by atoms with E-state index in [-0.39, 0.29) is 5.75 Å². The summed E-state index contributed by atoms with van der Waals surface area (Å²) in [6.45, 7) is -0.491. The average Bonchev–Trinajstić information content (AvgIpc) is 2.38. The van der Waals surface area contributed by atoms with Gasteiger partial charge in [-0.05, 0) is 6.07 Å². The molecule has 1 aromatic rings. The van der Waals surface area contributed by atoms with Crippen LogP contribution in [0.4, 0.5) is 0 Å². The van der Waals surface area contributed by atoms with Crippen molar-refractivity contribution < 1.29 is 30.3 Å². The average molecular weight is 256 g/mol. The zero-order chi connectivity index (χ0) is 13.3. The van der Waals surface area contributed by atoms with Crippen molar-refractivity contribution in [2.24, 2.45) is 0 Å². The molecule has 1 aliphatic rings. The highest BCUT2D eigenvalue weighted by molar-refractivity contribution is 5.35. The Morgan fingerprint density at radius 3 is 2.28 bits per heavy atom. The maximum absolute atomic E-state index is 9.87. The van der Waals surface area contributed by atoms with Crippen LogP contribution in [0, 0.1) is 0 Å². The summed E-state index contributed by atoms with van der Waals surface area (Å²) < 4.78 is 5.33. The van der Waals surface area contributed by atoms with Crippen molar-refractivity contribution in [3.8, 4) is 5.75 Å². The van der Waals surface area contributed by atoms with Crippen molar-refractivity contribution in [3.63, 3.8) is 0 Å². The standard InChI is InChI=1S/C12H16O6/c13-5-8-9(15)10(16)11(17)12(18-8)6-3-1-2-4-7(6)14/h1-4,8-17H,5H2/t8-,9-,10+,11-,12?/m1/s1. The SMILES string of the molecule is OC[C@H]1OC(c2ccccc2O)[C@H](O)[C@@H](O)[C@@H]1O. The third-order valence-electron chi connectivity index (χ3n) is 3.14. The number of para-hydroxylation sites is 1. The number of hydrogen-bond acceptors (Lipinski definition) is 6. The van der Waals surface area contributed by atoms with Crippen LogP contribution >= 0.6 is 0 Å². The van der Waals surface area contributed by atoms with Crippen LogP contribution in [0.5, 0.6) is 5.75 Å². The zero-order valence-corrected chi connectivity index (χ0v) is 9.55. The van der Waals surface area contributed by atoms with Gasteiger partial charge in [0.2, 0.25) is 0 Å². The van der Waals surface area contributed by atoms with Gasteiger partial charge >= 0.3 is 0 Å². The molecular formula is C12H16O6. The van der Waals surface area contributed by atoms with Crippen LogP contribution in [-0.4, -0.2) is 56.6 Å². The lowest BCUT2D eigenvalue weighted by Crippen LogP contribution is -2.55. The van der Waals surface area contributed by atoms with Gasteiger partial charge in [0, 0.05) is 5.56 Å². The predicted molar refractivity (Wildman–Crippen MR) is 60.8 cm³/mol. The van der Waals surface area contributed by atoms with Gasteiger partial charge in [-0.2, -0.15) is 0 Å². The topological polar surface area (TPSA) is 110 Å². The summed E-state index contributed by atoms with van der Waals surface area (Å²) in [5.41, 5.74) is 0.300. The predicted octanol–water partition coefficient (Wildman–Crippen LogP) is -1.09. The fourth-order valence-electron chi connectivity index (χ4n) is 2.09. The van der Waals surface area contributed by atoms with E-state index in [1.165, 1.54) is 6.07 Å². The van der Waals surface area contributed by atoms with Gasteiger partial charge in [0.1, 0.15) is 36.3 Å². The molecule has 0 aromatic heterocycles. The lowest BCUT2D eigenvalue weighted by atomic mass is 9.91. The molecule has 1 fully saturated rings. The van der Waals surface area contributed by atoms with Gasteiger partial charge in [-0.25, -0.2) is 0 Å². The number of phenolic OH excluding ortho intramolecular Hbond substituents is 1. The molecule has 5 N–H and O–H groups in total. The molecule has 0 aliphatic carbocycles. The van der Waals surface area contributed by atoms with Gasteiger partial charge < -0.3 is 30.3 Å². The van der Waals surface area contributed by atoms with Gasteiger partial charge in [0.25, 0.3) is 0 Å². The highest BCUT2D eigenvalue weighted by Crippen LogP contribution is 2.36. The van der Waals surface area contributed by atoms with Crippen molar-refractivity contribution in [3.05, 3.63) is 29.8 Å². The van der Waals surface area contributed by atoms with Crippen molar-refractivity contribution in [1.29, 1.82) is 0 Å². The Hall–Kier alpha value is -1.18. The summed E-state index contributed by atoms with van der Waals surface area (Å²) in [5.74, 6) is -0.0816. The molecule has 1 saturated heterocycles. The van der Waals surface area contributed by atoms with E-state index in [2.05, 4.69) is 0 Å². The van der Waals surface area contributed by atoms with Crippen LogP contribution in [-0.2, 0) is 4.74 Å². The molecule has 6 nitrogen and oxygen atoms in total. The minimum absolute atomic E-state index is 0.0816. The first-order chi connectivity index (χ1) is 8.56. The van der Waals surface area contributed by atoms with Crippen molar-refractivity contribution in [2.45, 2.75) is 30.5 Å². The summed E-state index contributed by atoms with van der Waals surface area (Å²) in [4.78, 5) is 0. The Kier molecular flexibility index (Phi) is 3.84. The molecule has 5 atom stereocenters. The largest absolute Gasteiger partial charge is 0.508 e. The Morgan fingerprint density at radius 1 is 1.00 bits per heavy atom. The number of hydrogen-bond donors (Lipinski definition) is 5. The molecule has 1 unspecified atom stereocenters. The molecule has 0 spiro atoms. The quantitative estimate of drug-likeness (QED) is 0.460. The van der Waals surface area contributed by atoms with Crippen LogP contribution in [0.15, 0.2) is 24.3 Å². The minimum Gasteiger partial charge on any atom is -0.508 e. The molecule has 18 heavy (non-hydrogen) atoms. The van der Waals surface area contributed by atoms with Crippen LogP contribution in [0.3, 0.4) is 0 Å². The lowest BCUT2D eigenvalue weighted by molar-refractivity contribution is -0.232. The second-order valence-electron chi connectivity index (χ2n) is 4.31. The van der Waals surface area contributed by atoms with Crippen molar-refractivity contribution >= 4 is 0 Å². The molecule has 0 saturated carbocycles. The van der Waals surface area contributed by atoms with Gasteiger partial charge in [-0.15, -0.1) is 0 Å². The Balaban J connectivity index is 2.30. The molecule has 1 aliphatic heterocycles. The van der Waals surface area contributed by atoms with Crippen molar-refractivity contribution in [2.75, 3.05) is 6.61 Å². The maximum Gasteiger partial charge on any atom is 0.121 e. The van der Waals surface area contributed by atoms with Crippen molar-refractivity contribution in [1.82, 2.24) is 0 Å². The molecule has 100 valence electrons. The van der Waals surface area contributed by atoms with Gasteiger partial charge in [0.15, 0.2) is 0 Å². The molecule has 0 bridgehead atoms. The van der Waals surface area contributed by atoms with E-state index in [1.54, 1.807) is 18.2 Å². The fraction of sp³-hybridized carbons (Fsp3) is 0.500. The molecule has 6 heteroatoms. The summed E-state index contributed by atoms with van der Waals surface area (Å²) >= 11 is 0. The molecule has 1 heterocycles. The first-order valence-electron chi connectivity index (χ1n) is 5.64. The number of aromatic hydroxyl groups is 1. The smallest absolute Gasteiger partial charge is 0.121 e. The van der Waals surface area contributed by atoms with Gasteiger partial charge in [0.05, 0.1) is 6.61 Å². The number of phenols is 1.